The van der Waals surface area contributed by atoms with Gasteiger partial charge in [-0.3, -0.25) is 9.69 Å². The van der Waals surface area contributed by atoms with Crippen LogP contribution < -0.4 is 0 Å². The van der Waals surface area contributed by atoms with E-state index in [1.165, 1.54) is 13.5 Å². The Morgan fingerprint density at radius 1 is 1.14 bits per heavy atom. The fourth-order valence-corrected chi connectivity index (χ4v) is 2.92. The summed E-state index contributed by atoms with van der Waals surface area (Å²) in [5.74, 6) is -0.517. The lowest BCUT2D eigenvalue weighted by Gasteiger charge is -2.46. The monoisotopic (exact) mass is 298 g/mol. The molecule has 0 N–H and O–H groups in total. The molecule has 2 saturated heterocycles. The highest BCUT2D eigenvalue weighted by Gasteiger charge is 2.42. The van der Waals surface area contributed by atoms with Crippen molar-refractivity contribution < 1.29 is 19.1 Å². The number of carbonyl (C=O) groups excluding carboxylic acids is 2. The van der Waals surface area contributed by atoms with Crippen LogP contribution in [0.15, 0.2) is 0 Å². The molecule has 120 valence electrons. The van der Waals surface area contributed by atoms with Crippen LogP contribution in [0.1, 0.15) is 33.6 Å². The van der Waals surface area contributed by atoms with Gasteiger partial charge in [0, 0.05) is 19.1 Å². The van der Waals surface area contributed by atoms with Crippen LogP contribution in [0.4, 0.5) is 4.79 Å². The van der Waals surface area contributed by atoms with Crippen LogP contribution in [0, 0.1) is 5.92 Å². The first-order valence-electron chi connectivity index (χ1n) is 7.61. The highest BCUT2D eigenvalue weighted by Crippen LogP contribution is 2.28. The van der Waals surface area contributed by atoms with Crippen molar-refractivity contribution in [3.8, 4) is 0 Å². The van der Waals surface area contributed by atoms with Crippen LogP contribution in [0.3, 0.4) is 0 Å². The first-order valence-corrected chi connectivity index (χ1v) is 7.61. The van der Waals surface area contributed by atoms with Gasteiger partial charge in [-0.1, -0.05) is 0 Å². The van der Waals surface area contributed by atoms with Crippen molar-refractivity contribution in [2.24, 2.45) is 5.92 Å². The lowest BCUT2D eigenvalue weighted by atomic mass is 9.89. The van der Waals surface area contributed by atoms with Crippen molar-refractivity contribution in [3.63, 3.8) is 0 Å². The summed E-state index contributed by atoms with van der Waals surface area (Å²) < 4.78 is 10.3. The topological polar surface area (TPSA) is 59.1 Å². The van der Waals surface area contributed by atoms with Gasteiger partial charge in [0.05, 0.1) is 13.0 Å². The molecule has 0 unspecified atom stereocenters. The molecular formula is C15H26N2O4. The minimum absolute atomic E-state index is 0.185. The molecule has 21 heavy (non-hydrogen) atoms. The van der Waals surface area contributed by atoms with E-state index in [1.54, 1.807) is 4.90 Å². The van der Waals surface area contributed by atoms with Gasteiger partial charge in [-0.25, -0.2) is 4.79 Å². The molecule has 0 aromatic heterocycles. The van der Waals surface area contributed by atoms with Gasteiger partial charge in [-0.05, 0) is 46.7 Å². The molecule has 0 bridgehead atoms. The van der Waals surface area contributed by atoms with Crippen LogP contribution in [0.5, 0.6) is 0 Å². The van der Waals surface area contributed by atoms with Crippen molar-refractivity contribution in [2.45, 2.75) is 45.3 Å². The maximum Gasteiger partial charge on any atom is 0.410 e. The Labute approximate surface area is 126 Å². The van der Waals surface area contributed by atoms with Gasteiger partial charge in [-0.2, -0.15) is 0 Å². The first kappa shape index (κ1) is 16.1. The molecule has 6 nitrogen and oxygen atoms in total. The second-order valence-electron chi connectivity index (χ2n) is 6.80. The number of amides is 1. The number of esters is 1. The minimum Gasteiger partial charge on any atom is -0.469 e. The third-order valence-electron chi connectivity index (χ3n) is 4.09. The Bertz CT molecular complexity index is 401. The van der Waals surface area contributed by atoms with Gasteiger partial charge >= 0.3 is 12.1 Å². The Hall–Kier alpha value is -1.30. The normalized spacial score (nSPS) is 27.0. The molecule has 2 aliphatic rings. The van der Waals surface area contributed by atoms with E-state index in [-0.39, 0.29) is 24.0 Å². The maximum absolute atomic E-state index is 12.2. The number of piperidine rings is 1. The molecule has 0 aromatic rings. The molecule has 6 heteroatoms. The average molecular weight is 298 g/mol. The Morgan fingerprint density at radius 2 is 1.81 bits per heavy atom. The average Bonchev–Trinajstić information content (AvgIpc) is 2.34. The van der Waals surface area contributed by atoms with Crippen molar-refractivity contribution in [1.29, 1.82) is 0 Å². The van der Waals surface area contributed by atoms with E-state index in [1.807, 2.05) is 20.8 Å². The highest BCUT2D eigenvalue weighted by atomic mass is 16.6. The predicted molar refractivity (Wildman–Crippen MR) is 77.9 cm³/mol. The zero-order valence-corrected chi connectivity index (χ0v) is 13.4. The standard InChI is InChI=1S/C15H26N2O4/c1-15(2,3)21-14(19)17-9-6-12(16-7-5-8-16)11(10-17)13(18)20-4/h11-12H,5-10H2,1-4H3/t11-,12+/m1/s1. The molecule has 0 spiro atoms. The number of rotatable bonds is 2. The first-order chi connectivity index (χ1) is 9.81. The van der Waals surface area contributed by atoms with E-state index in [0.717, 1.165) is 19.5 Å². The molecule has 1 amide bonds. The van der Waals surface area contributed by atoms with Crippen molar-refractivity contribution in [2.75, 3.05) is 33.3 Å². The molecule has 0 aliphatic carbocycles. The number of methoxy groups -OCH3 is 1. The van der Waals surface area contributed by atoms with Crippen LogP contribution in [0.2, 0.25) is 0 Å². The second kappa shape index (κ2) is 6.22. The summed E-state index contributed by atoms with van der Waals surface area (Å²) in [4.78, 5) is 28.2. The molecular weight excluding hydrogens is 272 g/mol. The summed E-state index contributed by atoms with van der Waals surface area (Å²) in [5, 5.41) is 0. The molecule has 0 saturated carbocycles. The number of likely N-dealkylation sites (tertiary alicyclic amines) is 2. The number of carbonyl (C=O) groups is 2. The SMILES string of the molecule is COC(=O)[C@@H]1CN(C(=O)OC(C)(C)C)CC[C@@H]1N1CCC1. The van der Waals surface area contributed by atoms with Crippen LogP contribution in [-0.2, 0) is 14.3 Å². The maximum atomic E-state index is 12.2. The van der Waals surface area contributed by atoms with Gasteiger partial charge in [0.25, 0.3) is 0 Å². The largest absolute Gasteiger partial charge is 0.469 e. The van der Waals surface area contributed by atoms with Gasteiger partial charge in [0.15, 0.2) is 0 Å². The van der Waals surface area contributed by atoms with Crippen LogP contribution in [0.25, 0.3) is 0 Å². The number of hydrogen-bond acceptors (Lipinski definition) is 5. The smallest absolute Gasteiger partial charge is 0.410 e. The Morgan fingerprint density at radius 3 is 2.29 bits per heavy atom. The third-order valence-corrected chi connectivity index (χ3v) is 4.09. The summed E-state index contributed by atoms with van der Waals surface area (Å²) in [6, 6.07) is 0.185. The molecule has 2 atom stereocenters. The van der Waals surface area contributed by atoms with E-state index in [9.17, 15) is 9.59 Å². The van der Waals surface area contributed by atoms with E-state index >= 15 is 0 Å². The van der Waals surface area contributed by atoms with Gasteiger partial charge in [0.1, 0.15) is 5.60 Å². The Balaban J connectivity index is 2.02. The number of hydrogen-bond donors (Lipinski definition) is 0. The molecule has 2 fully saturated rings. The summed E-state index contributed by atoms with van der Waals surface area (Å²) >= 11 is 0. The van der Waals surface area contributed by atoms with Crippen LogP contribution in [-0.4, -0.2) is 66.8 Å². The number of ether oxygens (including phenoxy) is 2. The van der Waals surface area contributed by atoms with E-state index in [2.05, 4.69) is 4.90 Å². The summed E-state index contributed by atoms with van der Waals surface area (Å²) in [6.07, 6.45) is 1.62. The molecule has 2 rings (SSSR count). The van der Waals surface area contributed by atoms with Crippen molar-refractivity contribution in [1.82, 2.24) is 9.80 Å². The third kappa shape index (κ3) is 3.87. The van der Waals surface area contributed by atoms with Crippen LogP contribution >= 0.6 is 0 Å². The van der Waals surface area contributed by atoms with Crippen molar-refractivity contribution in [3.05, 3.63) is 0 Å². The fourth-order valence-electron chi connectivity index (χ4n) is 2.92. The van der Waals surface area contributed by atoms with E-state index < -0.39 is 5.60 Å². The number of nitrogens with zero attached hydrogens (tertiary/aromatic N) is 2. The Kier molecular flexibility index (Phi) is 4.76. The highest BCUT2D eigenvalue weighted by molar-refractivity contribution is 5.75. The van der Waals surface area contributed by atoms with Crippen molar-refractivity contribution >= 4 is 12.1 Å². The van der Waals surface area contributed by atoms with E-state index in [0.29, 0.717) is 13.1 Å². The summed E-state index contributed by atoms with van der Waals surface area (Å²) in [6.45, 7) is 8.60. The summed E-state index contributed by atoms with van der Waals surface area (Å²) in [7, 11) is 1.40. The lowest BCUT2D eigenvalue weighted by molar-refractivity contribution is -0.151. The molecule has 0 aromatic carbocycles. The van der Waals surface area contributed by atoms with E-state index in [4.69, 9.17) is 9.47 Å². The molecule has 2 aliphatic heterocycles. The molecule has 2 heterocycles. The zero-order chi connectivity index (χ0) is 15.6. The van der Waals surface area contributed by atoms with Gasteiger partial charge < -0.3 is 14.4 Å². The lowest BCUT2D eigenvalue weighted by Crippen LogP contribution is -2.58. The quantitative estimate of drug-likeness (QED) is 0.723. The van der Waals surface area contributed by atoms with Gasteiger partial charge in [-0.15, -0.1) is 0 Å². The molecule has 0 radical (unpaired) electrons. The fraction of sp³-hybridized carbons (Fsp3) is 0.867. The minimum atomic E-state index is -0.522. The second-order valence-corrected chi connectivity index (χ2v) is 6.80. The van der Waals surface area contributed by atoms with Gasteiger partial charge in [0.2, 0.25) is 0 Å². The zero-order valence-electron chi connectivity index (χ0n) is 13.4. The summed E-state index contributed by atoms with van der Waals surface area (Å²) in [5.41, 5.74) is -0.522. The predicted octanol–water partition coefficient (Wildman–Crippen LogP) is 1.49.